The molecular formula is C23H23Cl2N3O5S. The largest absolute Gasteiger partial charge is 0.493 e. The van der Waals surface area contributed by atoms with E-state index in [-0.39, 0.29) is 35.6 Å². The number of rotatable bonds is 8. The number of halogens is 2. The highest BCUT2D eigenvalue weighted by molar-refractivity contribution is 7.80. The van der Waals surface area contributed by atoms with Gasteiger partial charge in [0.2, 0.25) is 0 Å². The maximum Gasteiger partial charge on any atom is 0.344 e. The molecule has 180 valence electrons. The van der Waals surface area contributed by atoms with Crippen LogP contribution in [0.3, 0.4) is 0 Å². The molecule has 1 heterocycles. The number of hydrogen-bond donors (Lipinski definition) is 3. The van der Waals surface area contributed by atoms with Crippen molar-refractivity contribution in [3.8, 4) is 11.5 Å². The van der Waals surface area contributed by atoms with Crippen molar-refractivity contribution in [3.05, 3.63) is 63.3 Å². The number of hydrogen-bond acceptors (Lipinski definition) is 6. The molecule has 1 atom stereocenters. The molecule has 3 rings (SSSR count). The fourth-order valence-corrected chi connectivity index (χ4v) is 4.10. The van der Waals surface area contributed by atoms with Crippen LogP contribution in [0.5, 0.6) is 11.5 Å². The Labute approximate surface area is 212 Å². The first-order valence-corrected chi connectivity index (χ1v) is 11.4. The highest BCUT2D eigenvalue weighted by Crippen LogP contribution is 2.40. The van der Waals surface area contributed by atoms with E-state index in [4.69, 9.17) is 49.6 Å². The molecule has 0 saturated carbocycles. The predicted octanol–water partition coefficient (Wildman–Crippen LogP) is 4.38. The van der Waals surface area contributed by atoms with Gasteiger partial charge in [0.05, 0.1) is 41.1 Å². The second-order valence-corrected chi connectivity index (χ2v) is 8.35. The Morgan fingerprint density at radius 3 is 2.59 bits per heavy atom. The highest BCUT2D eigenvalue weighted by atomic mass is 35.5. The SMILES string of the molecule is CCOC(=O)COc1c(Cl)cc([C@@H]2NC(=S)NC(C)=C2C(=O)Nc2ccccc2Cl)cc1OC. The number of carbonyl (C=O) groups excluding carboxylic acids is 2. The summed E-state index contributed by atoms with van der Waals surface area (Å²) in [4.78, 5) is 25.0. The lowest BCUT2D eigenvalue weighted by Crippen LogP contribution is -2.45. The molecule has 0 saturated heterocycles. The predicted molar refractivity (Wildman–Crippen MR) is 135 cm³/mol. The zero-order valence-corrected chi connectivity index (χ0v) is 21.0. The Bertz CT molecular complexity index is 1160. The van der Waals surface area contributed by atoms with Gasteiger partial charge in [0.15, 0.2) is 23.2 Å². The third-order valence-electron chi connectivity index (χ3n) is 4.86. The van der Waals surface area contributed by atoms with Crippen LogP contribution in [0, 0.1) is 0 Å². The van der Waals surface area contributed by atoms with Crippen LogP contribution in [0.4, 0.5) is 5.69 Å². The van der Waals surface area contributed by atoms with Crippen LogP contribution in [0.25, 0.3) is 0 Å². The van der Waals surface area contributed by atoms with E-state index in [2.05, 4.69) is 16.0 Å². The molecule has 0 aliphatic carbocycles. The van der Waals surface area contributed by atoms with E-state index in [0.717, 1.165) is 0 Å². The minimum atomic E-state index is -0.651. The number of allylic oxidation sites excluding steroid dienone is 1. The van der Waals surface area contributed by atoms with Crippen molar-refractivity contribution in [1.82, 2.24) is 10.6 Å². The van der Waals surface area contributed by atoms with E-state index in [0.29, 0.717) is 32.7 Å². The van der Waals surface area contributed by atoms with Crippen molar-refractivity contribution >= 4 is 58.1 Å². The Hall–Kier alpha value is -3.01. The van der Waals surface area contributed by atoms with E-state index in [1.165, 1.54) is 7.11 Å². The van der Waals surface area contributed by atoms with Crippen molar-refractivity contribution in [2.24, 2.45) is 0 Å². The Morgan fingerprint density at radius 1 is 1.18 bits per heavy atom. The summed E-state index contributed by atoms with van der Waals surface area (Å²) in [5.74, 6) is -0.454. The van der Waals surface area contributed by atoms with Crippen LogP contribution in [0.2, 0.25) is 10.0 Å². The fraction of sp³-hybridized carbons (Fsp3) is 0.261. The summed E-state index contributed by atoms with van der Waals surface area (Å²) in [5.41, 5.74) is 2.01. The summed E-state index contributed by atoms with van der Waals surface area (Å²) in [6.45, 7) is 3.35. The summed E-state index contributed by atoms with van der Waals surface area (Å²) in [6, 6.07) is 9.55. The number of para-hydroxylation sites is 1. The van der Waals surface area contributed by atoms with Crippen LogP contribution in [0.15, 0.2) is 47.7 Å². The van der Waals surface area contributed by atoms with Gasteiger partial charge in [0.25, 0.3) is 5.91 Å². The van der Waals surface area contributed by atoms with Crippen molar-refractivity contribution in [3.63, 3.8) is 0 Å². The lowest BCUT2D eigenvalue weighted by Gasteiger charge is -2.31. The standard InChI is InChI=1S/C23H23Cl2N3O5S/c1-4-32-18(29)11-33-21-15(25)9-13(10-17(21)31-3)20-19(12(2)26-23(34)28-20)22(30)27-16-8-6-5-7-14(16)24/h5-10,20H,4,11H2,1-3H3,(H,27,30)(H2,26,28,34)/t20-/m0/s1. The number of carbonyl (C=O) groups is 2. The van der Waals surface area contributed by atoms with Gasteiger partial charge in [-0.25, -0.2) is 4.79 Å². The molecule has 8 nitrogen and oxygen atoms in total. The van der Waals surface area contributed by atoms with Gasteiger partial charge >= 0.3 is 5.97 Å². The average molecular weight is 524 g/mol. The summed E-state index contributed by atoms with van der Waals surface area (Å²) in [6.07, 6.45) is 0. The number of ether oxygens (including phenoxy) is 3. The van der Waals surface area contributed by atoms with Crippen LogP contribution >= 0.6 is 35.4 Å². The maximum atomic E-state index is 13.3. The number of anilines is 1. The van der Waals surface area contributed by atoms with Crippen molar-refractivity contribution < 1.29 is 23.8 Å². The van der Waals surface area contributed by atoms with Gasteiger partial charge in [-0.1, -0.05) is 35.3 Å². The maximum absolute atomic E-state index is 13.3. The molecule has 0 unspecified atom stereocenters. The van der Waals surface area contributed by atoms with Gasteiger partial charge in [-0.15, -0.1) is 0 Å². The van der Waals surface area contributed by atoms with Crippen LogP contribution < -0.4 is 25.4 Å². The quantitative estimate of drug-likeness (QED) is 0.346. The first kappa shape index (κ1) is 25.6. The number of methoxy groups -OCH3 is 1. The molecule has 34 heavy (non-hydrogen) atoms. The molecule has 0 spiro atoms. The van der Waals surface area contributed by atoms with Crippen LogP contribution in [-0.4, -0.2) is 37.3 Å². The van der Waals surface area contributed by atoms with E-state index in [9.17, 15) is 9.59 Å². The van der Waals surface area contributed by atoms with Gasteiger partial charge < -0.3 is 30.2 Å². The van der Waals surface area contributed by atoms with Crippen molar-refractivity contribution in [2.45, 2.75) is 19.9 Å². The second-order valence-electron chi connectivity index (χ2n) is 7.13. The summed E-state index contributed by atoms with van der Waals surface area (Å²) in [5, 5.41) is 9.84. The van der Waals surface area contributed by atoms with Crippen molar-refractivity contribution in [1.29, 1.82) is 0 Å². The van der Waals surface area contributed by atoms with Gasteiger partial charge in [-0.05, 0) is 55.9 Å². The molecule has 3 N–H and O–H groups in total. The summed E-state index contributed by atoms with van der Waals surface area (Å²) >= 11 is 18.0. The van der Waals surface area contributed by atoms with Gasteiger partial charge in [0.1, 0.15) is 0 Å². The second kappa shape index (κ2) is 11.4. The molecule has 0 bridgehead atoms. The molecule has 0 aromatic heterocycles. The Morgan fingerprint density at radius 2 is 1.91 bits per heavy atom. The third kappa shape index (κ3) is 5.91. The van der Waals surface area contributed by atoms with Crippen molar-refractivity contribution in [2.75, 3.05) is 25.6 Å². The van der Waals surface area contributed by atoms with Gasteiger partial charge in [-0.3, -0.25) is 4.79 Å². The summed E-state index contributed by atoms with van der Waals surface area (Å²) in [7, 11) is 1.44. The topological polar surface area (TPSA) is 97.9 Å². The van der Waals surface area contributed by atoms with Gasteiger partial charge in [0, 0.05) is 5.70 Å². The van der Waals surface area contributed by atoms with E-state index < -0.39 is 12.0 Å². The highest BCUT2D eigenvalue weighted by Gasteiger charge is 2.31. The smallest absolute Gasteiger partial charge is 0.344 e. The minimum Gasteiger partial charge on any atom is -0.493 e. The monoisotopic (exact) mass is 523 g/mol. The molecule has 11 heteroatoms. The van der Waals surface area contributed by atoms with Gasteiger partial charge in [-0.2, -0.15) is 0 Å². The fourth-order valence-electron chi connectivity index (χ4n) is 3.38. The molecular weight excluding hydrogens is 501 g/mol. The molecule has 2 aromatic carbocycles. The molecule has 1 amide bonds. The lowest BCUT2D eigenvalue weighted by atomic mass is 9.94. The first-order valence-electron chi connectivity index (χ1n) is 10.2. The van der Waals surface area contributed by atoms with E-state index in [1.807, 2.05) is 0 Å². The van der Waals surface area contributed by atoms with Crippen LogP contribution in [0.1, 0.15) is 25.5 Å². The molecule has 1 aliphatic heterocycles. The Balaban J connectivity index is 1.95. The lowest BCUT2D eigenvalue weighted by molar-refractivity contribution is -0.145. The molecule has 0 radical (unpaired) electrons. The summed E-state index contributed by atoms with van der Waals surface area (Å²) < 4.78 is 15.8. The third-order valence-corrected chi connectivity index (χ3v) is 5.69. The molecule has 0 fully saturated rings. The first-order chi connectivity index (χ1) is 16.2. The number of nitrogens with one attached hydrogen (secondary N) is 3. The van der Waals surface area contributed by atoms with E-state index in [1.54, 1.807) is 50.2 Å². The number of amides is 1. The zero-order valence-electron chi connectivity index (χ0n) is 18.7. The molecule has 2 aromatic rings. The number of esters is 1. The average Bonchev–Trinajstić information content (AvgIpc) is 2.78. The van der Waals surface area contributed by atoms with E-state index >= 15 is 0 Å². The zero-order chi connectivity index (χ0) is 24.8. The minimum absolute atomic E-state index is 0.181. The number of thiocarbonyl (C=S) groups is 1. The Kier molecular flexibility index (Phi) is 8.60. The molecule has 1 aliphatic rings. The normalized spacial score (nSPS) is 15.2. The van der Waals surface area contributed by atoms with Crippen LogP contribution in [-0.2, 0) is 14.3 Å². The number of benzene rings is 2.